The molecule has 3 heterocycles. The predicted octanol–water partition coefficient (Wildman–Crippen LogP) is 4.13. The highest BCUT2D eigenvalue weighted by molar-refractivity contribution is 6.33. The lowest BCUT2D eigenvalue weighted by Crippen LogP contribution is -2.40. The Balaban J connectivity index is 1.91. The maximum atomic E-state index is 6.47. The van der Waals surface area contributed by atoms with E-state index >= 15 is 0 Å². The summed E-state index contributed by atoms with van der Waals surface area (Å²) in [6, 6.07) is 0. The van der Waals surface area contributed by atoms with E-state index in [-0.39, 0.29) is 18.3 Å². The second kappa shape index (κ2) is 11.0. The van der Waals surface area contributed by atoms with Crippen molar-refractivity contribution in [1.29, 1.82) is 0 Å². The molecule has 1 aliphatic rings. The molecule has 0 aromatic carbocycles. The van der Waals surface area contributed by atoms with Gasteiger partial charge in [0.05, 0.1) is 12.9 Å². The highest BCUT2D eigenvalue weighted by Gasteiger charge is 2.48. The van der Waals surface area contributed by atoms with Crippen LogP contribution in [0.5, 0.6) is 0 Å². The third-order valence-corrected chi connectivity index (χ3v) is 5.13. The van der Waals surface area contributed by atoms with Gasteiger partial charge in [-0.2, -0.15) is 0 Å². The average molecular weight is 455 g/mol. The summed E-state index contributed by atoms with van der Waals surface area (Å²) in [5, 5.41) is 0.311. The summed E-state index contributed by atoms with van der Waals surface area (Å²) in [5.41, 5.74) is 1.14. The standard InChI is InChI=1S/C22H35ClN4O4/c1-13(2)7-28-10-16-18(29-8-14(3)4)19(30-9-15(5)6)22(31-16)27-12-26-17-20(23)24-11-25-21(17)27/h11-16,18-19,22H,7-10H2,1-6H3/t16-,18-,19-,22-/m1/s1. The molecule has 174 valence electrons. The summed E-state index contributed by atoms with van der Waals surface area (Å²) in [5.74, 6) is 1.21. The molecule has 3 rings (SSSR count). The van der Waals surface area contributed by atoms with E-state index in [1.165, 1.54) is 6.33 Å². The van der Waals surface area contributed by atoms with E-state index < -0.39 is 6.23 Å². The van der Waals surface area contributed by atoms with Gasteiger partial charge in [-0.3, -0.25) is 4.57 Å². The van der Waals surface area contributed by atoms with Crippen molar-refractivity contribution in [3.63, 3.8) is 0 Å². The van der Waals surface area contributed by atoms with Crippen LogP contribution in [0.3, 0.4) is 0 Å². The third-order valence-electron chi connectivity index (χ3n) is 4.85. The largest absolute Gasteiger partial charge is 0.378 e. The van der Waals surface area contributed by atoms with Gasteiger partial charge in [0.25, 0.3) is 0 Å². The molecule has 1 fully saturated rings. The maximum Gasteiger partial charge on any atom is 0.167 e. The van der Waals surface area contributed by atoms with E-state index in [1.807, 2.05) is 4.57 Å². The smallest absolute Gasteiger partial charge is 0.167 e. The number of imidazole rings is 1. The lowest BCUT2D eigenvalue weighted by Gasteiger charge is -2.26. The van der Waals surface area contributed by atoms with Crippen molar-refractivity contribution in [3.05, 3.63) is 17.8 Å². The molecular formula is C22H35ClN4O4. The average Bonchev–Trinajstić information content (AvgIpc) is 3.26. The van der Waals surface area contributed by atoms with E-state index in [9.17, 15) is 0 Å². The number of ether oxygens (including phenoxy) is 4. The van der Waals surface area contributed by atoms with E-state index in [4.69, 9.17) is 30.5 Å². The zero-order chi connectivity index (χ0) is 22.5. The minimum Gasteiger partial charge on any atom is -0.378 e. The molecule has 0 saturated carbocycles. The number of aromatic nitrogens is 4. The second-order valence-electron chi connectivity index (χ2n) is 9.37. The molecule has 2 aromatic rings. The van der Waals surface area contributed by atoms with Gasteiger partial charge in [0.15, 0.2) is 17.0 Å². The predicted molar refractivity (Wildman–Crippen MR) is 119 cm³/mol. The first kappa shape index (κ1) is 24.3. The molecule has 0 N–H and O–H groups in total. The summed E-state index contributed by atoms with van der Waals surface area (Å²) in [4.78, 5) is 12.8. The lowest BCUT2D eigenvalue weighted by molar-refractivity contribution is -0.0904. The molecule has 1 aliphatic heterocycles. The number of hydrogen-bond donors (Lipinski definition) is 0. The zero-order valence-corrected chi connectivity index (χ0v) is 20.1. The first-order valence-electron chi connectivity index (χ1n) is 11.1. The van der Waals surface area contributed by atoms with Crippen LogP contribution in [0.4, 0.5) is 0 Å². The Morgan fingerprint density at radius 3 is 2.23 bits per heavy atom. The number of halogens is 1. The van der Waals surface area contributed by atoms with Crippen molar-refractivity contribution in [2.45, 2.75) is 66.1 Å². The summed E-state index contributed by atoms with van der Waals surface area (Å²) in [6.07, 6.45) is 1.78. The van der Waals surface area contributed by atoms with Crippen molar-refractivity contribution in [1.82, 2.24) is 19.5 Å². The van der Waals surface area contributed by atoms with Gasteiger partial charge in [0, 0.05) is 19.8 Å². The Hall–Kier alpha value is -1.32. The third kappa shape index (κ3) is 6.14. The molecule has 0 amide bonds. The van der Waals surface area contributed by atoms with Gasteiger partial charge in [-0.15, -0.1) is 0 Å². The fourth-order valence-corrected chi connectivity index (χ4v) is 3.66. The fourth-order valence-electron chi connectivity index (χ4n) is 3.48. The van der Waals surface area contributed by atoms with Crippen molar-refractivity contribution >= 4 is 22.8 Å². The highest BCUT2D eigenvalue weighted by Crippen LogP contribution is 2.36. The van der Waals surface area contributed by atoms with Gasteiger partial charge in [0.1, 0.15) is 30.2 Å². The molecule has 31 heavy (non-hydrogen) atoms. The van der Waals surface area contributed by atoms with Gasteiger partial charge in [-0.05, 0) is 17.8 Å². The van der Waals surface area contributed by atoms with Crippen LogP contribution in [0.2, 0.25) is 5.15 Å². The highest BCUT2D eigenvalue weighted by atomic mass is 35.5. The van der Waals surface area contributed by atoms with Crippen LogP contribution in [-0.2, 0) is 18.9 Å². The van der Waals surface area contributed by atoms with Crippen LogP contribution in [0.1, 0.15) is 47.8 Å². The van der Waals surface area contributed by atoms with Crippen molar-refractivity contribution in [2.75, 3.05) is 26.4 Å². The maximum absolute atomic E-state index is 6.47. The minimum atomic E-state index is -0.459. The van der Waals surface area contributed by atoms with Gasteiger partial charge in [0.2, 0.25) is 0 Å². The second-order valence-corrected chi connectivity index (χ2v) is 9.73. The monoisotopic (exact) mass is 454 g/mol. The summed E-state index contributed by atoms with van der Waals surface area (Å²) < 4.78 is 26.9. The van der Waals surface area contributed by atoms with Crippen LogP contribution in [0, 0.1) is 17.8 Å². The molecule has 0 spiro atoms. The molecule has 4 atom stereocenters. The molecule has 9 heteroatoms. The summed E-state index contributed by atoms with van der Waals surface area (Å²) >= 11 is 6.21. The zero-order valence-electron chi connectivity index (χ0n) is 19.3. The fraction of sp³-hybridized carbons (Fsp3) is 0.773. The number of rotatable bonds is 11. The van der Waals surface area contributed by atoms with E-state index in [1.54, 1.807) is 6.33 Å². The van der Waals surface area contributed by atoms with Crippen molar-refractivity contribution < 1.29 is 18.9 Å². The molecule has 0 bridgehead atoms. The van der Waals surface area contributed by atoms with Gasteiger partial charge >= 0.3 is 0 Å². The molecule has 0 radical (unpaired) electrons. The Bertz CT molecular complexity index is 829. The SMILES string of the molecule is CC(C)COC[C@H]1O[C@@H](n2cnc3c(Cl)ncnc32)[C@H](OCC(C)C)[C@@H]1OCC(C)C. The normalized spacial score (nSPS) is 24.3. The first-order valence-corrected chi connectivity index (χ1v) is 11.4. The number of hydrogen-bond acceptors (Lipinski definition) is 7. The molecule has 8 nitrogen and oxygen atoms in total. The van der Waals surface area contributed by atoms with Gasteiger partial charge in [-0.1, -0.05) is 53.1 Å². The van der Waals surface area contributed by atoms with Crippen molar-refractivity contribution in [3.8, 4) is 0 Å². The molecule has 0 unspecified atom stereocenters. The Morgan fingerprint density at radius 2 is 1.58 bits per heavy atom. The quantitative estimate of drug-likeness (QED) is 0.472. The van der Waals surface area contributed by atoms with Gasteiger partial charge in [-0.25, -0.2) is 15.0 Å². The van der Waals surface area contributed by atoms with Crippen LogP contribution in [-0.4, -0.2) is 64.3 Å². The molecule has 2 aromatic heterocycles. The van der Waals surface area contributed by atoms with Crippen molar-refractivity contribution in [2.24, 2.45) is 17.8 Å². The van der Waals surface area contributed by atoms with E-state index in [0.717, 1.165) is 0 Å². The molecule has 0 aliphatic carbocycles. The Morgan fingerprint density at radius 1 is 0.935 bits per heavy atom. The summed E-state index contributed by atoms with van der Waals surface area (Å²) in [7, 11) is 0. The topological polar surface area (TPSA) is 80.5 Å². The van der Waals surface area contributed by atoms with Crippen LogP contribution in [0.15, 0.2) is 12.7 Å². The number of nitrogens with zero attached hydrogens (tertiary/aromatic N) is 4. The van der Waals surface area contributed by atoms with Crippen LogP contribution < -0.4 is 0 Å². The molecular weight excluding hydrogens is 420 g/mol. The first-order chi connectivity index (χ1) is 14.8. The van der Waals surface area contributed by atoms with E-state index in [0.29, 0.717) is 60.5 Å². The minimum absolute atomic E-state index is 0.269. The summed E-state index contributed by atoms with van der Waals surface area (Å²) in [6.45, 7) is 15.1. The van der Waals surface area contributed by atoms with Gasteiger partial charge < -0.3 is 18.9 Å². The Labute approximate surface area is 189 Å². The lowest BCUT2D eigenvalue weighted by atomic mass is 10.1. The molecule has 1 saturated heterocycles. The van der Waals surface area contributed by atoms with Crippen LogP contribution in [0.25, 0.3) is 11.2 Å². The Kier molecular flexibility index (Phi) is 8.64. The van der Waals surface area contributed by atoms with E-state index in [2.05, 4.69) is 56.5 Å². The van der Waals surface area contributed by atoms with Crippen LogP contribution >= 0.6 is 11.6 Å². The number of fused-ring (bicyclic) bond motifs is 1.